The van der Waals surface area contributed by atoms with E-state index in [1.165, 1.54) is 24.5 Å². The molecular weight excluding hydrogens is 223 g/mol. The van der Waals surface area contributed by atoms with Crippen molar-refractivity contribution in [1.29, 1.82) is 5.26 Å². The predicted molar refractivity (Wildman–Crippen MR) is 57.6 cm³/mol. The summed E-state index contributed by atoms with van der Waals surface area (Å²) in [6.45, 7) is 0. The van der Waals surface area contributed by atoms with Gasteiger partial charge in [0.25, 0.3) is 0 Å². The van der Waals surface area contributed by atoms with Crippen LogP contribution in [0, 0.1) is 17.1 Å². The summed E-state index contributed by atoms with van der Waals surface area (Å²) >= 11 is 0. The second-order valence-corrected chi connectivity index (χ2v) is 3.14. The molecule has 2 aromatic rings. The third-order valence-corrected chi connectivity index (χ3v) is 1.94. The molecule has 0 radical (unpaired) electrons. The molecule has 0 aliphatic heterocycles. The second-order valence-electron chi connectivity index (χ2n) is 3.14. The summed E-state index contributed by atoms with van der Waals surface area (Å²) < 4.78 is 18.6. The minimum absolute atomic E-state index is 0.0258. The zero-order valence-corrected chi connectivity index (χ0v) is 8.59. The van der Waals surface area contributed by atoms with E-state index in [1.54, 1.807) is 0 Å². The average molecular weight is 230 g/mol. The van der Waals surface area contributed by atoms with Gasteiger partial charge in [0.05, 0.1) is 11.6 Å². The smallest absolute Gasteiger partial charge is 0.224 e. The molecule has 5 nitrogen and oxygen atoms in total. The quantitative estimate of drug-likeness (QED) is 0.851. The Morgan fingerprint density at radius 2 is 2.12 bits per heavy atom. The summed E-state index contributed by atoms with van der Waals surface area (Å²) in [5, 5.41) is 8.58. The summed E-state index contributed by atoms with van der Waals surface area (Å²) in [7, 11) is 0. The molecule has 84 valence electrons. The lowest BCUT2D eigenvalue weighted by molar-refractivity contribution is 0.426. The van der Waals surface area contributed by atoms with Gasteiger partial charge < -0.3 is 10.5 Å². The van der Waals surface area contributed by atoms with Gasteiger partial charge in [-0.2, -0.15) is 5.26 Å². The Balaban J connectivity index is 2.28. The molecular formula is C11H7FN4O. The first kappa shape index (κ1) is 10.8. The molecule has 2 N–H and O–H groups in total. The molecule has 0 unspecified atom stereocenters. The highest BCUT2D eigenvalue weighted by Gasteiger charge is 2.07. The summed E-state index contributed by atoms with van der Waals surface area (Å²) in [6, 6.07) is 7.08. The summed E-state index contributed by atoms with van der Waals surface area (Å²) in [5.74, 6) is -0.298. The molecule has 0 amide bonds. The number of aromatic nitrogens is 2. The van der Waals surface area contributed by atoms with E-state index in [4.69, 9.17) is 15.7 Å². The molecule has 17 heavy (non-hydrogen) atoms. The number of halogens is 1. The van der Waals surface area contributed by atoms with E-state index in [2.05, 4.69) is 9.97 Å². The highest BCUT2D eigenvalue weighted by atomic mass is 19.1. The monoisotopic (exact) mass is 230 g/mol. The minimum Gasteiger partial charge on any atom is -0.436 e. The van der Waals surface area contributed by atoms with Gasteiger partial charge in [0, 0.05) is 6.07 Å². The van der Waals surface area contributed by atoms with Crippen LogP contribution in [0.15, 0.2) is 30.6 Å². The van der Waals surface area contributed by atoms with Crippen molar-refractivity contribution in [3.8, 4) is 17.7 Å². The van der Waals surface area contributed by atoms with E-state index in [0.29, 0.717) is 0 Å². The van der Waals surface area contributed by atoms with Crippen molar-refractivity contribution in [3.63, 3.8) is 0 Å². The lowest BCUT2D eigenvalue weighted by Gasteiger charge is -2.05. The molecule has 0 aliphatic carbocycles. The number of benzene rings is 1. The van der Waals surface area contributed by atoms with Gasteiger partial charge in [-0.05, 0) is 18.2 Å². The van der Waals surface area contributed by atoms with Crippen LogP contribution in [0.3, 0.4) is 0 Å². The Labute approximate surface area is 96.3 Å². The molecule has 0 saturated heterocycles. The molecule has 1 aromatic heterocycles. The number of rotatable bonds is 2. The topological polar surface area (TPSA) is 84.8 Å². The normalized spacial score (nSPS) is 9.65. The average Bonchev–Trinajstić information content (AvgIpc) is 2.32. The Morgan fingerprint density at radius 3 is 2.76 bits per heavy atom. The van der Waals surface area contributed by atoms with Crippen molar-refractivity contribution in [1.82, 2.24) is 9.97 Å². The molecule has 0 atom stereocenters. The van der Waals surface area contributed by atoms with Crippen molar-refractivity contribution in [2.75, 3.05) is 5.73 Å². The van der Waals surface area contributed by atoms with Crippen LogP contribution in [-0.4, -0.2) is 9.97 Å². The summed E-state index contributed by atoms with van der Waals surface area (Å²) in [5.41, 5.74) is 5.65. The van der Waals surface area contributed by atoms with Gasteiger partial charge in [0.15, 0.2) is 11.6 Å². The lowest BCUT2D eigenvalue weighted by atomic mass is 10.2. The van der Waals surface area contributed by atoms with E-state index >= 15 is 0 Å². The van der Waals surface area contributed by atoms with Gasteiger partial charge in [-0.1, -0.05) is 0 Å². The molecule has 0 spiro atoms. The van der Waals surface area contributed by atoms with Gasteiger partial charge in [-0.3, -0.25) is 0 Å². The first-order valence-electron chi connectivity index (χ1n) is 4.64. The Hall–Kier alpha value is -2.68. The molecule has 0 bridgehead atoms. The third kappa shape index (κ3) is 2.46. The number of nitrogens with zero attached hydrogens (tertiary/aromatic N) is 3. The van der Waals surface area contributed by atoms with Gasteiger partial charge >= 0.3 is 0 Å². The van der Waals surface area contributed by atoms with E-state index in [0.717, 1.165) is 6.07 Å². The number of nitrogens with two attached hydrogens (primary N) is 1. The van der Waals surface area contributed by atoms with E-state index in [-0.39, 0.29) is 23.0 Å². The standard InChI is InChI=1S/C11H7FN4O/c12-8-3-7(5-13)1-2-9(8)17-11-4-10(14)15-6-16-11/h1-4,6H,(H2,14,15,16). The van der Waals surface area contributed by atoms with Crippen LogP contribution < -0.4 is 10.5 Å². The highest BCUT2D eigenvalue weighted by molar-refractivity contribution is 5.39. The van der Waals surface area contributed by atoms with Crippen LogP contribution in [0.25, 0.3) is 0 Å². The number of nitriles is 1. The van der Waals surface area contributed by atoms with Gasteiger partial charge in [-0.25, -0.2) is 14.4 Å². The molecule has 0 fully saturated rings. The number of anilines is 1. The van der Waals surface area contributed by atoms with Crippen LogP contribution in [0.2, 0.25) is 0 Å². The van der Waals surface area contributed by atoms with Gasteiger partial charge in [0.2, 0.25) is 5.88 Å². The van der Waals surface area contributed by atoms with E-state index in [9.17, 15) is 4.39 Å². The Bertz CT molecular complexity index is 594. The second kappa shape index (κ2) is 4.45. The van der Waals surface area contributed by atoms with E-state index in [1.807, 2.05) is 6.07 Å². The lowest BCUT2D eigenvalue weighted by Crippen LogP contribution is -1.95. The minimum atomic E-state index is -0.638. The number of nitrogen functional groups attached to an aromatic ring is 1. The highest BCUT2D eigenvalue weighted by Crippen LogP contribution is 2.23. The Kier molecular flexibility index (Phi) is 2.83. The van der Waals surface area contributed by atoms with Crippen LogP contribution in [0.4, 0.5) is 10.2 Å². The molecule has 2 rings (SSSR count). The molecule has 1 heterocycles. The first-order chi connectivity index (χ1) is 8.19. The molecule has 6 heteroatoms. The number of ether oxygens (including phenoxy) is 1. The van der Waals surface area contributed by atoms with Crippen molar-refractivity contribution < 1.29 is 9.13 Å². The maximum Gasteiger partial charge on any atom is 0.224 e. The zero-order valence-electron chi connectivity index (χ0n) is 8.59. The molecule has 0 saturated carbocycles. The summed E-state index contributed by atoms with van der Waals surface area (Å²) in [6.07, 6.45) is 1.21. The van der Waals surface area contributed by atoms with Crippen LogP contribution in [-0.2, 0) is 0 Å². The van der Waals surface area contributed by atoms with Gasteiger partial charge in [0.1, 0.15) is 12.1 Å². The van der Waals surface area contributed by atoms with Crippen molar-refractivity contribution in [2.45, 2.75) is 0 Å². The SMILES string of the molecule is N#Cc1ccc(Oc2cc(N)ncn2)c(F)c1. The Morgan fingerprint density at radius 1 is 1.29 bits per heavy atom. The third-order valence-electron chi connectivity index (χ3n) is 1.94. The fraction of sp³-hybridized carbons (Fsp3) is 0. The fourth-order valence-corrected chi connectivity index (χ4v) is 1.18. The van der Waals surface area contributed by atoms with Crippen molar-refractivity contribution in [3.05, 3.63) is 42.0 Å². The van der Waals surface area contributed by atoms with Gasteiger partial charge in [-0.15, -0.1) is 0 Å². The van der Waals surface area contributed by atoms with Crippen molar-refractivity contribution >= 4 is 5.82 Å². The van der Waals surface area contributed by atoms with Crippen molar-refractivity contribution in [2.24, 2.45) is 0 Å². The van der Waals surface area contributed by atoms with Crippen LogP contribution in [0.5, 0.6) is 11.6 Å². The predicted octanol–water partition coefficient (Wildman–Crippen LogP) is 1.86. The van der Waals surface area contributed by atoms with Crippen LogP contribution in [0.1, 0.15) is 5.56 Å². The molecule has 0 aliphatic rings. The fourth-order valence-electron chi connectivity index (χ4n) is 1.18. The molecule has 1 aromatic carbocycles. The van der Waals surface area contributed by atoms with E-state index < -0.39 is 5.82 Å². The zero-order chi connectivity index (χ0) is 12.3. The number of hydrogen-bond acceptors (Lipinski definition) is 5. The maximum atomic E-state index is 13.5. The van der Waals surface area contributed by atoms with Crippen LogP contribution >= 0.6 is 0 Å². The maximum absolute atomic E-state index is 13.5. The summed E-state index contributed by atoms with van der Waals surface area (Å²) in [4.78, 5) is 7.45. The first-order valence-corrected chi connectivity index (χ1v) is 4.64. The number of hydrogen-bond donors (Lipinski definition) is 1. The largest absolute Gasteiger partial charge is 0.436 e.